The first kappa shape index (κ1) is 23.1. The summed E-state index contributed by atoms with van der Waals surface area (Å²) in [6.07, 6.45) is 1.26. The fourth-order valence-electron chi connectivity index (χ4n) is 3.76. The number of hydrogen-bond donors (Lipinski definition) is 1. The van der Waals surface area contributed by atoms with Gasteiger partial charge in [0, 0.05) is 45.9 Å². The second-order valence-electron chi connectivity index (χ2n) is 7.54. The second-order valence-corrected chi connectivity index (χ2v) is 9.48. The molecular weight excluding hydrogens is 402 g/mol. The Morgan fingerprint density at radius 2 is 1.71 bits per heavy atom. The first-order valence-electron chi connectivity index (χ1n) is 9.45. The zero-order valence-electron chi connectivity index (χ0n) is 16.5. The van der Waals surface area contributed by atoms with E-state index in [1.54, 1.807) is 17.0 Å². The van der Waals surface area contributed by atoms with E-state index in [0.29, 0.717) is 63.7 Å². The predicted molar refractivity (Wildman–Crippen MR) is 110 cm³/mol. The number of benzene rings is 1. The molecule has 0 unspecified atom stereocenters. The van der Waals surface area contributed by atoms with Crippen LogP contribution in [-0.2, 0) is 19.6 Å². The highest BCUT2D eigenvalue weighted by Crippen LogP contribution is 2.32. The van der Waals surface area contributed by atoms with Crippen LogP contribution >= 0.6 is 12.4 Å². The fraction of sp³-hybridized carbons (Fsp3) is 0.632. The third kappa shape index (κ3) is 4.36. The number of amides is 1. The minimum absolute atomic E-state index is 0. The lowest BCUT2D eigenvalue weighted by molar-refractivity contribution is -0.148. The minimum Gasteiger partial charge on any atom is -0.381 e. The molecule has 0 atom stereocenters. The van der Waals surface area contributed by atoms with Crippen molar-refractivity contribution in [1.82, 2.24) is 9.21 Å². The largest absolute Gasteiger partial charge is 0.381 e. The van der Waals surface area contributed by atoms with Gasteiger partial charge in [0.15, 0.2) is 0 Å². The van der Waals surface area contributed by atoms with Crippen molar-refractivity contribution in [3.63, 3.8) is 0 Å². The normalized spacial score (nSPS) is 20.5. The molecule has 1 amide bonds. The minimum atomic E-state index is -3.55. The Hall–Kier alpha value is -1.19. The van der Waals surface area contributed by atoms with Gasteiger partial charge in [-0.15, -0.1) is 12.4 Å². The molecule has 3 rings (SSSR count). The number of nitrogens with zero attached hydrogens (tertiary/aromatic N) is 2. The number of rotatable bonds is 4. The van der Waals surface area contributed by atoms with Crippen LogP contribution in [0.3, 0.4) is 0 Å². The molecule has 1 aromatic carbocycles. The number of carbonyl (C=O) groups is 1. The number of piperazine rings is 1. The molecule has 158 valence electrons. The van der Waals surface area contributed by atoms with E-state index >= 15 is 0 Å². The van der Waals surface area contributed by atoms with Crippen LogP contribution in [0, 0.1) is 19.3 Å². The maximum absolute atomic E-state index is 13.0. The first-order valence-corrected chi connectivity index (χ1v) is 10.9. The van der Waals surface area contributed by atoms with Crippen LogP contribution in [0.5, 0.6) is 0 Å². The van der Waals surface area contributed by atoms with Crippen LogP contribution in [0.1, 0.15) is 24.0 Å². The van der Waals surface area contributed by atoms with Gasteiger partial charge in [-0.25, -0.2) is 8.42 Å². The average Bonchev–Trinajstić information content (AvgIpc) is 2.70. The summed E-state index contributed by atoms with van der Waals surface area (Å²) in [5.41, 5.74) is 7.39. The molecule has 2 saturated heterocycles. The average molecular weight is 432 g/mol. The van der Waals surface area contributed by atoms with E-state index in [1.807, 2.05) is 19.9 Å². The summed E-state index contributed by atoms with van der Waals surface area (Å²) in [6, 6.07) is 5.20. The predicted octanol–water partition coefficient (Wildman–Crippen LogP) is 1.31. The lowest BCUT2D eigenvalue weighted by atomic mass is 9.78. The van der Waals surface area contributed by atoms with Gasteiger partial charge in [-0.05, 0) is 49.9 Å². The van der Waals surface area contributed by atoms with Gasteiger partial charge in [0.05, 0.1) is 10.3 Å². The van der Waals surface area contributed by atoms with Gasteiger partial charge in [-0.1, -0.05) is 6.07 Å². The van der Waals surface area contributed by atoms with Crippen molar-refractivity contribution in [3.8, 4) is 0 Å². The van der Waals surface area contributed by atoms with E-state index in [2.05, 4.69) is 0 Å². The molecule has 7 nitrogen and oxygen atoms in total. The smallest absolute Gasteiger partial charge is 0.243 e. The van der Waals surface area contributed by atoms with Crippen molar-refractivity contribution in [3.05, 3.63) is 29.3 Å². The number of ether oxygens (including phenoxy) is 1. The van der Waals surface area contributed by atoms with Gasteiger partial charge in [0.2, 0.25) is 15.9 Å². The van der Waals surface area contributed by atoms with Crippen molar-refractivity contribution < 1.29 is 17.9 Å². The molecule has 2 aliphatic rings. The van der Waals surface area contributed by atoms with Crippen molar-refractivity contribution in [2.75, 3.05) is 45.9 Å². The van der Waals surface area contributed by atoms with E-state index in [9.17, 15) is 13.2 Å². The maximum atomic E-state index is 13.0. The van der Waals surface area contributed by atoms with Crippen LogP contribution in [0.15, 0.2) is 23.1 Å². The van der Waals surface area contributed by atoms with E-state index in [0.717, 1.165) is 11.1 Å². The van der Waals surface area contributed by atoms with Crippen molar-refractivity contribution in [2.24, 2.45) is 11.1 Å². The number of nitrogens with two attached hydrogens (primary N) is 1. The molecule has 2 fully saturated rings. The van der Waals surface area contributed by atoms with Crippen molar-refractivity contribution in [1.29, 1.82) is 0 Å². The number of sulfonamides is 1. The molecule has 0 aliphatic carbocycles. The molecular formula is C19H30ClN3O4S. The highest BCUT2D eigenvalue weighted by Gasteiger charge is 2.42. The van der Waals surface area contributed by atoms with Crippen LogP contribution in [0.25, 0.3) is 0 Å². The van der Waals surface area contributed by atoms with Gasteiger partial charge in [-0.3, -0.25) is 4.79 Å². The second kappa shape index (κ2) is 9.09. The Balaban J connectivity index is 0.00000280. The van der Waals surface area contributed by atoms with E-state index < -0.39 is 15.4 Å². The zero-order chi connectivity index (χ0) is 19.7. The summed E-state index contributed by atoms with van der Waals surface area (Å²) < 4.78 is 32.7. The monoisotopic (exact) mass is 431 g/mol. The van der Waals surface area contributed by atoms with Gasteiger partial charge in [0.1, 0.15) is 0 Å². The van der Waals surface area contributed by atoms with Crippen molar-refractivity contribution in [2.45, 2.75) is 31.6 Å². The lowest BCUT2D eigenvalue weighted by Crippen LogP contribution is -2.57. The number of halogens is 1. The topological polar surface area (TPSA) is 92.9 Å². The Morgan fingerprint density at radius 1 is 1.11 bits per heavy atom. The quantitative estimate of drug-likeness (QED) is 0.775. The molecule has 1 aromatic rings. The van der Waals surface area contributed by atoms with E-state index in [1.165, 1.54) is 4.31 Å². The van der Waals surface area contributed by atoms with Gasteiger partial charge >= 0.3 is 0 Å². The third-order valence-electron chi connectivity index (χ3n) is 5.94. The summed E-state index contributed by atoms with van der Waals surface area (Å²) in [4.78, 5) is 15.1. The molecule has 0 saturated carbocycles. The Kier molecular flexibility index (Phi) is 7.50. The molecule has 9 heteroatoms. The maximum Gasteiger partial charge on any atom is 0.243 e. The fourth-order valence-corrected chi connectivity index (χ4v) is 5.27. The van der Waals surface area contributed by atoms with Crippen molar-refractivity contribution >= 4 is 28.3 Å². The molecule has 2 aliphatic heterocycles. The molecule has 2 N–H and O–H groups in total. The summed E-state index contributed by atoms with van der Waals surface area (Å²) >= 11 is 0. The molecule has 28 heavy (non-hydrogen) atoms. The summed E-state index contributed by atoms with van der Waals surface area (Å²) in [5.74, 6) is 0.0385. The third-order valence-corrected chi connectivity index (χ3v) is 7.83. The van der Waals surface area contributed by atoms with Crippen LogP contribution in [0.4, 0.5) is 0 Å². The highest BCUT2D eigenvalue weighted by atomic mass is 35.5. The van der Waals surface area contributed by atoms with E-state index in [4.69, 9.17) is 10.5 Å². The Morgan fingerprint density at radius 3 is 2.25 bits per heavy atom. The van der Waals surface area contributed by atoms with Gasteiger partial charge in [-0.2, -0.15) is 4.31 Å². The van der Waals surface area contributed by atoms with Gasteiger partial charge in [0.25, 0.3) is 0 Å². The lowest BCUT2D eigenvalue weighted by Gasteiger charge is -2.42. The molecule has 2 heterocycles. The molecule has 0 aromatic heterocycles. The molecule has 0 spiro atoms. The zero-order valence-corrected chi connectivity index (χ0v) is 18.2. The standard InChI is InChI=1S/C19H29N3O4S.ClH/c1-15-3-4-17(13-16(15)2)27(24,25)22-9-7-21(8-10-22)18(23)19(14-20)5-11-26-12-6-19;/h3-4,13H,5-12,14,20H2,1-2H3;1H. The summed E-state index contributed by atoms with van der Waals surface area (Å²) in [5, 5.41) is 0. The number of hydrogen-bond acceptors (Lipinski definition) is 5. The Bertz CT molecular complexity index is 801. The van der Waals surface area contributed by atoms with Gasteiger partial charge < -0.3 is 15.4 Å². The summed E-state index contributed by atoms with van der Waals surface area (Å²) in [6.45, 7) is 6.66. The molecule has 0 bridgehead atoms. The van der Waals surface area contributed by atoms with E-state index in [-0.39, 0.29) is 18.3 Å². The van der Waals surface area contributed by atoms with Crippen LogP contribution in [-0.4, -0.2) is 69.5 Å². The van der Waals surface area contributed by atoms with Crippen LogP contribution in [0.2, 0.25) is 0 Å². The number of aryl methyl sites for hydroxylation is 2. The SMILES string of the molecule is Cc1ccc(S(=O)(=O)N2CCN(C(=O)C3(CN)CCOCC3)CC2)cc1C.Cl. The first-order chi connectivity index (χ1) is 12.8. The Labute approximate surface area is 173 Å². The highest BCUT2D eigenvalue weighted by molar-refractivity contribution is 7.89. The van der Waals surface area contributed by atoms with Crippen LogP contribution < -0.4 is 5.73 Å². The summed E-state index contributed by atoms with van der Waals surface area (Å²) in [7, 11) is -3.55. The number of carbonyl (C=O) groups excluding carboxylic acids is 1. The molecule has 0 radical (unpaired) electrons.